The number of carbonyl (C=O) groups excluding carboxylic acids is 4. The maximum atomic E-state index is 13.4. The van der Waals surface area contributed by atoms with Crippen molar-refractivity contribution in [2.75, 3.05) is 13.7 Å². The molecule has 0 saturated heterocycles. The molecule has 0 radical (unpaired) electrons. The Morgan fingerprint density at radius 2 is 1.89 bits per heavy atom. The Balaban J connectivity index is 1.89. The van der Waals surface area contributed by atoms with Crippen LogP contribution in [-0.4, -0.2) is 60.6 Å². The highest BCUT2D eigenvalue weighted by atomic mass is 35.5. The molecule has 1 aliphatic rings. The van der Waals surface area contributed by atoms with Crippen LogP contribution in [0.3, 0.4) is 0 Å². The third-order valence-electron chi connectivity index (χ3n) is 7.25. The normalized spacial score (nSPS) is 23.5. The fraction of sp³-hybridized carbons (Fsp3) is 0.441. The number of hydrogen-bond acceptors (Lipinski definition) is 8. The number of halogens is 1. The summed E-state index contributed by atoms with van der Waals surface area (Å²) in [4.78, 5) is 56.8. The van der Waals surface area contributed by atoms with Gasteiger partial charge in [0.25, 0.3) is 0 Å². The number of carbonyl (C=O) groups is 4. The van der Waals surface area contributed by atoms with Gasteiger partial charge in [-0.25, -0.2) is 4.79 Å². The van der Waals surface area contributed by atoms with E-state index in [9.17, 15) is 19.2 Å². The number of amides is 2. The van der Waals surface area contributed by atoms with Crippen LogP contribution >= 0.6 is 11.6 Å². The van der Waals surface area contributed by atoms with Gasteiger partial charge in [-0.05, 0) is 47.7 Å². The molecule has 3 rings (SSSR count). The van der Waals surface area contributed by atoms with E-state index < -0.39 is 47.9 Å². The van der Waals surface area contributed by atoms with Crippen molar-refractivity contribution in [2.24, 2.45) is 17.8 Å². The number of hydrogen-bond donors (Lipinski definition) is 2. The maximum absolute atomic E-state index is 13.4. The Morgan fingerprint density at radius 1 is 1.11 bits per heavy atom. The van der Waals surface area contributed by atoms with Crippen molar-refractivity contribution in [3.05, 3.63) is 77.1 Å². The second-order valence-electron chi connectivity index (χ2n) is 11.6. The lowest BCUT2D eigenvalue weighted by atomic mass is 9.99. The van der Waals surface area contributed by atoms with Gasteiger partial charge < -0.3 is 24.8 Å². The average molecular weight is 640 g/mol. The highest BCUT2D eigenvalue weighted by molar-refractivity contribution is 6.32. The van der Waals surface area contributed by atoms with Crippen LogP contribution < -0.4 is 15.4 Å². The van der Waals surface area contributed by atoms with E-state index in [1.165, 1.54) is 13.2 Å². The highest BCUT2D eigenvalue weighted by Crippen LogP contribution is 2.26. The van der Waals surface area contributed by atoms with Crippen molar-refractivity contribution < 1.29 is 33.4 Å². The monoisotopic (exact) mass is 639 g/mol. The molecular formula is C34H42ClN3O7. The Hall–Kier alpha value is -4.18. The van der Waals surface area contributed by atoms with Gasteiger partial charge in [0, 0.05) is 37.7 Å². The fourth-order valence-corrected chi connectivity index (χ4v) is 4.88. The number of cyclic esters (lactones) is 2. The molecule has 10 nitrogen and oxygen atoms in total. The second-order valence-corrected chi connectivity index (χ2v) is 12.0. The molecule has 5 atom stereocenters. The standard InChI is InChI=1S/C34H42ClN3O7/c1-21(2)16-30-34(42)44-28(22(3)11-12-24-8-7-15-36-20-24)9-6-10-31(39)38-27(32(40)37-19-23(4)33(41)45-30)18-25-13-14-29(43-5)26(35)17-25/h6-8,10-15,17,20-23,27-28,30H,9,16,18-19H2,1-5H3,(H,37,40)(H,38,39)/b10-6+,12-11+/t22?,23-,27-,28+,30+/m1/s1. The van der Waals surface area contributed by atoms with Gasteiger partial charge in [-0.15, -0.1) is 0 Å². The van der Waals surface area contributed by atoms with E-state index in [0.717, 1.165) is 5.56 Å². The minimum atomic E-state index is -1.12. The summed E-state index contributed by atoms with van der Waals surface area (Å²) in [5, 5.41) is 5.84. The molecule has 1 unspecified atom stereocenters. The van der Waals surface area contributed by atoms with Gasteiger partial charge in [-0.3, -0.25) is 19.4 Å². The van der Waals surface area contributed by atoms with Gasteiger partial charge in [0.05, 0.1) is 18.1 Å². The highest BCUT2D eigenvalue weighted by Gasteiger charge is 2.31. The molecule has 0 saturated carbocycles. The lowest BCUT2D eigenvalue weighted by Gasteiger charge is -2.26. The third kappa shape index (κ3) is 11.4. The maximum Gasteiger partial charge on any atom is 0.347 e. The zero-order valence-electron chi connectivity index (χ0n) is 26.3. The molecule has 2 amide bonds. The number of aromatic nitrogens is 1. The van der Waals surface area contributed by atoms with E-state index in [1.807, 2.05) is 45.1 Å². The lowest BCUT2D eigenvalue weighted by Crippen LogP contribution is -2.49. The first-order valence-electron chi connectivity index (χ1n) is 15.0. The van der Waals surface area contributed by atoms with E-state index in [1.54, 1.807) is 43.6 Å². The van der Waals surface area contributed by atoms with Gasteiger partial charge in [0.2, 0.25) is 11.8 Å². The van der Waals surface area contributed by atoms with E-state index in [-0.39, 0.29) is 37.6 Å². The predicted molar refractivity (Wildman–Crippen MR) is 171 cm³/mol. The van der Waals surface area contributed by atoms with E-state index >= 15 is 0 Å². The summed E-state index contributed by atoms with van der Waals surface area (Å²) in [6.45, 7) is 7.25. The van der Waals surface area contributed by atoms with Crippen molar-refractivity contribution in [2.45, 2.75) is 65.2 Å². The number of esters is 2. The Labute approximate surface area is 269 Å². The number of rotatable bonds is 8. The molecular weight excluding hydrogens is 598 g/mol. The number of nitrogens with one attached hydrogen (secondary N) is 2. The fourth-order valence-electron chi connectivity index (χ4n) is 4.60. The van der Waals surface area contributed by atoms with Crippen LogP contribution in [0, 0.1) is 17.8 Å². The van der Waals surface area contributed by atoms with Gasteiger partial charge in [-0.2, -0.15) is 0 Å². The van der Waals surface area contributed by atoms with Crippen LogP contribution in [0.2, 0.25) is 5.02 Å². The molecule has 11 heteroatoms. The quantitative estimate of drug-likeness (QED) is 0.397. The summed E-state index contributed by atoms with van der Waals surface area (Å²) in [6.07, 6.45) is 8.88. The number of nitrogens with zero attached hydrogens (tertiary/aromatic N) is 1. The number of benzene rings is 1. The molecule has 242 valence electrons. The molecule has 45 heavy (non-hydrogen) atoms. The summed E-state index contributed by atoms with van der Waals surface area (Å²) in [7, 11) is 1.50. The smallest absolute Gasteiger partial charge is 0.347 e. The molecule has 2 heterocycles. The number of ether oxygens (including phenoxy) is 3. The van der Waals surface area contributed by atoms with Crippen molar-refractivity contribution in [1.29, 1.82) is 0 Å². The zero-order chi connectivity index (χ0) is 32.9. The van der Waals surface area contributed by atoms with Gasteiger partial charge in [0.1, 0.15) is 17.9 Å². The summed E-state index contributed by atoms with van der Waals surface area (Å²) in [5.74, 6) is -2.82. The first-order valence-corrected chi connectivity index (χ1v) is 15.4. The first kappa shape index (κ1) is 35.3. The van der Waals surface area contributed by atoms with Crippen LogP contribution in [0.15, 0.2) is 61.0 Å². The Bertz CT molecular complexity index is 1380. The topological polar surface area (TPSA) is 133 Å². The molecule has 2 aromatic rings. The predicted octanol–water partition coefficient (Wildman–Crippen LogP) is 4.70. The van der Waals surface area contributed by atoms with Crippen molar-refractivity contribution in [3.63, 3.8) is 0 Å². The molecule has 1 aromatic heterocycles. The SMILES string of the molecule is COc1ccc(C[C@H]2NC(=O)/C=C/C[C@@H](C(C)/C=C/c3cccnc3)OC(=O)[C@H](CC(C)C)OC(=O)[C@H](C)CNC2=O)cc1Cl. The molecule has 2 N–H and O–H groups in total. The summed E-state index contributed by atoms with van der Waals surface area (Å²) >= 11 is 6.29. The molecule has 1 aromatic carbocycles. The van der Waals surface area contributed by atoms with Crippen molar-refractivity contribution in [1.82, 2.24) is 15.6 Å². The summed E-state index contributed by atoms with van der Waals surface area (Å²) in [5.41, 5.74) is 1.58. The Morgan fingerprint density at radius 3 is 2.56 bits per heavy atom. The van der Waals surface area contributed by atoms with Crippen LogP contribution in [0.5, 0.6) is 5.75 Å². The summed E-state index contributed by atoms with van der Waals surface area (Å²) in [6, 6.07) is 7.86. The molecule has 1 aliphatic heterocycles. The number of methoxy groups -OCH3 is 1. The zero-order valence-corrected chi connectivity index (χ0v) is 27.1. The minimum Gasteiger partial charge on any atom is -0.495 e. The van der Waals surface area contributed by atoms with Crippen LogP contribution in [0.25, 0.3) is 6.08 Å². The molecule has 0 aliphatic carbocycles. The van der Waals surface area contributed by atoms with Gasteiger partial charge in [-0.1, -0.05) is 69.7 Å². The molecule has 0 fully saturated rings. The number of pyridine rings is 1. The van der Waals surface area contributed by atoms with Crippen LogP contribution in [0.4, 0.5) is 0 Å². The van der Waals surface area contributed by atoms with E-state index in [4.69, 9.17) is 25.8 Å². The van der Waals surface area contributed by atoms with Gasteiger partial charge >= 0.3 is 11.9 Å². The Kier molecular flexibility index (Phi) is 13.6. The lowest BCUT2D eigenvalue weighted by molar-refractivity contribution is -0.175. The minimum absolute atomic E-state index is 0.0353. The third-order valence-corrected chi connectivity index (χ3v) is 7.54. The second kappa shape index (κ2) is 17.3. The summed E-state index contributed by atoms with van der Waals surface area (Å²) < 4.78 is 16.8. The molecule has 0 spiro atoms. The first-order chi connectivity index (χ1) is 21.5. The van der Waals surface area contributed by atoms with Gasteiger partial charge in [0.15, 0.2) is 6.10 Å². The van der Waals surface area contributed by atoms with Crippen molar-refractivity contribution >= 4 is 41.4 Å². The van der Waals surface area contributed by atoms with Crippen LogP contribution in [0.1, 0.15) is 51.7 Å². The van der Waals surface area contributed by atoms with E-state index in [0.29, 0.717) is 16.3 Å². The average Bonchev–Trinajstić information content (AvgIpc) is 3.01. The van der Waals surface area contributed by atoms with E-state index in [2.05, 4.69) is 15.6 Å². The molecule has 0 bridgehead atoms. The van der Waals surface area contributed by atoms with Crippen molar-refractivity contribution in [3.8, 4) is 5.75 Å². The van der Waals surface area contributed by atoms with Crippen LogP contribution in [-0.2, 0) is 35.1 Å². The largest absolute Gasteiger partial charge is 0.495 e.